The van der Waals surface area contributed by atoms with Crippen LogP contribution in [0.25, 0.3) is 0 Å². The number of nitriles is 1. The van der Waals surface area contributed by atoms with Crippen LogP contribution in [-0.2, 0) is 10.0 Å². The highest BCUT2D eigenvalue weighted by Crippen LogP contribution is 2.23. The van der Waals surface area contributed by atoms with Gasteiger partial charge in [-0.25, -0.2) is 12.8 Å². The summed E-state index contributed by atoms with van der Waals surface area (Å²) < 4.78 is 38.6. The number of nitrogens with zero attached hydrogens (tertiary/aromatic N) is 2. The Hall–Kier alpha value is -1.45. The highest BCUT2D eigenvalue weighted by Gasteiger charge is 2.29. The fourth-order valence-electron chi connectivity index (χ4n) is 1.98. The second-order valence-corrected chi connectivity index (χ2v) is 6.20. The lowest BCUT2D eigenvalue weighted by atomic mass is 10.0. The SMILES string of the molecule is N#CC1CCN(S(=O)(=O)c2ccc(F)cc2)CC1. The lowest BCUT2D eigenvalue weighted by Gasteiger charge is -2.28. The molecule has 2 rings (SSSR count). The summed E-state index contributed by atoms with van der Waals surface area (Å²) in [6.45, 7) is 0.690. The van der Waals surface area contributed by atoms with Crippen LogP contribution in [0.5, 0.6) is 0 Å². The fraction of sp³-hybridized carbons (Fsp3) is 0.417. The third-order valence-electron chi connectivity index (χ3n) is 3.09. The van der Waals surface area contributed by atoms with E-state index in [0.717, 1.165) is 12.1 Å². The summed E-state index contributed by atoms with van der Waals surface area (Å²) >= 11 is 0. The van der Waals surface area contributed by atoms with Gasteiger partial charge in [-0.2, -0.15) is 9.57 Å². The van der Waals surface area contributed by atoms with Crippen molar-refractivity contribution in [2.45, 2.75) is 17.7 Å². The predicted octanol–water partition coefficient (Wildman–Crippen LogP) is 1.75. The van der Waals surface area contributed by atoms with Crippen molar-refractivity contribution in [3.8, 4) is 6.07 Å². The third-order valence-corrected chi connectivity index (χ3v) is 5.00. The van der Waals surface area contributed by atoms with Gasteiger partial charge in [0.05, 0.1) is 11.0 Å². The van der Waals surface area contributed by atoms with Gasteiger partial charge >= 0.3 is 0 Å². The molecule has 0 N–H and O–H groups in total. The maximum Gasteiger partial charge on any atom is 0.243 e. The molecule has 0 bridgehead atoms. The average Bonchev–Trinajstić information content (AvgIpc) is 2.39. The second kappa shape index (κ2) is 5.04. The number of sulfonamides is 1. The van der Waals surface area contributed by atoms with Crippen LogP contribution in [0.2, 0.25) is 0 Å². The fourth-order valence-corrected chi connectivity index (χ4v) is 3.45. The number of rotatable bonds is 2. The second-order valence-electron chi connectivity index (χ2n) is 4.26. The zero-order chi connectivity index (χ0) is 13.2. The molecule has 6 heteroatoms. The summed E-state index contributed by atoms with van der Waals surface area (Å²) in [6.07, 6.45) is 1.11. The van der Waals surface area contributed by atoms with Gasteiger partial charge in [-0.3, -0.25) is 0 Å². The molecule has 0 amide bonds. The first-order chi connectivity index (χ1) is 8.54. The average molecular weight is 268 g/mol. The van der Waals surface area contributed by atoms with E-state index in [4.69, 9.17) is 5.26 Å². The molecule has 0 aromatic heterocycles. The van der Waals surface area contributed by atoms with E-state index in [0.29, 0.717) is 25.9 Å². The third kappa shape index (κ3) is 2.52. The lowest BCUT2D eigenvalue weighted by Crippen LogP contribution is -2.38. The number of hydrogen-bond acceptors (Lipinski definition) is 3. The van der Waals surface area contributed by atoms with Gasteiger partial charge in [-0.05, 0) is 37.1 Å². The Labute approximate surface area is 106 Å². The van der Waals surface area contributed by atoms with Crippen LogP contribution in [0.1, 0.15) is 12.8 Å². The first kappa shape index (κ1) is 13.0. The highest BCUT2D eigenvalue weighted by molar-refractivity contribution is 7.89. The minimum Gasteiger partial charge on any atom is -0.207 e. The Kier molecular flexibility index (Phi) is 3.64. The van der Waals surface area contributed by atoms with E-state index in [-0.39, 0.29) is 10.8 Å². The monoisotopic (exact) mass is 268 g/mol. The molecule has 1 fully saturated rings. The maximum atomic E-state index is 12.8. The van der Waals surface area contributed by atoms with Crippen LogP contribution in [0.4, 0.5) is 4.39 Å². The van der Waals surface area contributed by atoms with Crippen molar-refractivity contribution in [1.29, 1.82) is 5.26 Å². The first-order valence-corrected chi connectivity index (χ1v) is 7.13. The van der Waals surface area contributed by atoms with Crippen molar-refractivity contribution >= 4 is 10.0 Å². The number of benzene rings is 1. The molecule has 18 heavy (non-hydrogen) atoms. The number of piperidine rings is 1. The zero-order valence-electron chi connectivity index (χ0n) is 9.71. The van der Waals surface area contributed by atoms with E-state index in [1.165, 1.54) is 16.4 Å². The summed E-state index contributed by atoms with van der Waals surface area (Å²) in [5.41, 5.74) is 0. The van der Waals surface area contributed by atoms with E-state index in [1.54, 1.807) is 0 Å². The van der Waals surface area contributed by atoms with E-state index in [2.05, 4.69) is 6.07 Å². The molecule has 1 saturated heterocycles. The van der Waals surface area contributed by atoms with E-state index in [9.17, 15) is 12.8 Å². The standard InChI is InChI=1S/C12H13FN2O2S/c13-11-1-3-12(4-2-11)18(16,17)15-7-5-10(9-14)6-8-15/h1-4,10H,5-8H2. The minimum absolute atomic E-state index is 0.0651. The molecule has 0 saturated carbocycles. The molecule has 96 valence electrons. The van der Waals surface area contributed by atoms with Crippen molar-refractivity contribution in [3.05, 3.63) is 30.1 Å². The van der Waals surface area contributed by atoms with Crippen LogP contribution < -0.4 is 0 Å². The predicted molar refractivity (Wildman–Crippen MR) is 63.5 cm³/mol. The highest BCUT2D eigenvalue weighted by atomic mass is 32.2. The normalized spacial score (nSPS) is 18.4. The molecule has 0 aliphatic carbocycles. The van der Waals surface area contributed by atoms with Gasteiger partial charge in [0.1, 0.15) is 5.82 Å². The summed E-state index contributed by atoms with van der Waals surface area (Å²) in [5.74, 6) is -0.526. The Morgan fingerprint density at radius 1 is 1.22 bits per heavy atom. The molecule has 1 aromatic carbocycles. The quantitative estimate of drug-likeness (QED) is 0.821. The Morgan fingerprint density at radius 2 is 1.78 bits per heavy atom. The number of hydrogen-bond donors (Lipinski definition) is 0. The molecule has 0 spiro atoms. The van der Waals surface area contributed by atoms with Crippen molar-refractivity contribution < 1.29 is 12.8 Å². The van der Waals surface area contributed by atoms with Crippen molar-refractivity contribution in [2.24, 2.45) is 5.92 Å². The minimum atomic E-state index is -3.55. The van der Waals surface area contributed by atoms with Gasteiger partial charge < -0.3 is 0 Å². The molecular formula is C12H13FN2O2S. The van der Waals surface area contributed by atoms with E-state index < -0.39 is 15.8 Å². The van der Waals surface area contributed by atoms with Gasteiger partial charge in [0.25, 0.3) is 0 Å². The molecule has 1 heterocycles. The molecule has 0 radical (unpaired) electrons. The van der Waals surface area contributed by atoms with Crippen molar-refractivity contribution in [1.82, 2.24) is 4.31 Å². The molecule has 1 aliphatic rings. The van der Waals surface area contributed by atoms with Crippen molar-refractivity contribution in [3.63, 3.8) is 0 Å². The summed E-state index contributed by atoms with van der Waals surface area (Å²) in [5, 5.41) is 8.77. The van der Waals surface area contributed by atoms with Crippen LogP contribution in [0.15, 0.2) is 29.2 Å². The van der Waals surface area contributed by atoms with Gasteiger partial charge in [-0.15, -0.1) is 0 Å². The molecular weight excluding hydrogens is 255 g/mol. The number of halogens is 1. The van der Waals surface area contributed by atoms with Crippen LogP contribution in [0, 0.1) is 23.1 Å². The van der Waals surface area contributed by atoms with Crippen LogP contribution >= 0.6 is 0 Å². The molecule has 1 aliphatic heterocycles. The first-order valence-electron chi connectivity index (χ1n) is 5.69. The Balaban J connectivity index is 2.18. The molecule has 4 nitrogen and oxygen atoms in total. The van der Waals surface area contributed by atoms with Crippen molar-refractivity contribution in [2.75, 3.05) is 13.1 Å². The van der Waals surface area contributed by atoms with E-state index in [1.807, 2.05) is 0 Å². The van der Waals surface area contributed by atoms with Gasteiger partial charge in [0.15, 0.2) is 0 Å². The van der Waals surface area contributed by atoms with Gasteiger partial charge in [0.2, 0.25) is 10.0 Å². The summed E-state index contributed by atoms with van der Waals surface area (Å²) in [6, 6.07) is 6.95. The lowest BCUT2D eigenvalue weighted by molar-refractivity contribution is 0.310. The largest absolute Gasteiger partial charge is 0.243 e. The van der Waals surface area contributed by atoms with Gasteiger partial charge in [0, 0.05) is 19.0 Å². The topological polar surface area (TPSA) is 61.2 Å². The Morgan fingerprint density at radius 3 is 2.28 bits per heavy atom. The van der Waals surface area contributed by atoms with Gasteiger partial charge in [-0.1, -0.05) is 0 Å². The molecule has 1 aromatic rings. The Bertz CT molecular complexity index is 555. The summed E-state index contributed by atoms with van der Waals surface area (Å²) in [4.78, 5) is 0.0966. The molecule has 0 unspecified atom stereocenters. The van der Waals surface area contributed by atoms with E-state index >= 15 is 0 Å². The van der Waals surface area contributed by atoms with Crippen LogP contribution in [-0.4, -0.2) is 25.8 Å². The smallest absolute Gasteiger partial charge is 0.207 e. The maximum absolute atomic E-state index is 12.8. The summed E-state index contributed by atoms with van der Waals surface area (Å²) in [7, 11) is -3.55. The molecule has 0 atom stereocenters. The zero-order valence-corrected chi connectivity index (χ0v) is 10.5. The van der Waals surface area contributed by atoms with Crippen LogP contribution in [0.3, 0.4) is 0 Å².